The molecule has 0 fully saturated rings. The summed E-state index contributed by atoms with van der Waals surface area (Å²) in [5.74, 6) is -0.217. The van der Waals surface area contributed by atoms with E-state index in [1.165, 1.54) is 16.2 Å². The highest BCUT2D eigenvalue weighted by atomic mass is 16.2. The number of hydrogen-bond acceptors (Lipinski definition) is 4. The van der Waals surface area contributed by atoms with Crippen LogP contribution in [0.4, 0.5) is 5.69 Å². The Balaban J connectivity index is 2.24. The van der Waals surface area contributed by atoms with E-state index in [4.69, 9.17) is 0 Å². The Morgan fingerprint density at radius 2 is 1.60 bits per heavy atom. The third kappa shape index (κ3) is 3.49. The maximum absolute atomic E-state index is 13.1. The second kappa shape index (κ2) is 8.14. The quantitative estimate of drug-likeness (QED) is 0.698. The predicted molar refractivity (Wildman–Crippen MR) is 118 cm³/mol. The molecule has 3 aromatic rings. The number of pyridine rings is 1. The van der Waals surface area contributed by atoms with Crippen LogP contribution >= 0.6 is 0 Å². The third-order valence-electron chi connectivity index (χ3n) is 5.29. The van der Waals surface area contributed by atoms with Crippen molar-refractivity contribution in [3.05, 3.63) is 72.7 Å². The molecule has 0 aliphatic rings. The van der Waals surface area contributed by atoms with Gasteiger partial charge >= 0.3 is 5.69 Å². The summed E-state index contributed by atoms with van der Waals surface area (Å²) in [6.45, 7) is 7.99. The van der Waals surface area contributed by atoms with Crippen molar-refractivity contribution in [1.29, 1.82) is 0 Å². The van der Waals surface area contributed by atoms with E-state index in [9.17, 15) is 19.2 Å². The smallest absolute Gasteiger partial charge is 0.322 e. The Morgan fingerprint density at radius 3 is 2.13 bits per heavy atom. The Bertz CT molecular complexity index is 1290. The highest BCUT2D eigenvalue weighted by molar-refractivity contribution is 6.11. The molecule has 0 bridgehead atoms. The monoisotopic (exact) mass is 410 g/mol. The lowest BCUT2D eigenvalue weighted by molar-refractivity contribution is 0.102. The summed E-state index contributed by atoms with van der Waals surface area (Å²) in [6, 6.07) is 8.56. The van der Waals surface area contributed by atoms with Gasteiger partial charge in [0.05, 0.1) is 10.9 Å². The number of nitrogens with zero attached hydrogens (tertiary/aromatic N) is 3. The van der Waals surface area contributed by atoms with E-state index in [0.717, 1.165) is 16.2 Å². The molecule has 0 atom stereocenters. The summed E-state index contributed by atoms with van der Waals surface area (Å²) in [5.41, 5.74) is 0.216. The van der Waals surface area contributed by atoms with Gasteiger partial charge in [-0.1, -0.05) is 26.0 Å². The summed E-state index contributed by atoms with van der Waals surface area (Å²) in [4.78, 5) is 51.3. The summed E-state index contributed by atoms with van der Waals surface area (Å²) in [5, 5.41) is 2.81. The molecule has 0 radical (unpaired) electrons. The number of rotatable bonds is 5. The molecule has 0 aliphatic carbocycles. The average molecular weight is 410 g/mol. The molecule has 1 N–H and O–H groups in total. The first kappa shape index (κ1) is 21.3. The van der Waals surface area contributed by atoms with Crippen molar-refractivity contribution in [2.45, 2.75) is 46.7 Å². The highest BCUT2D eigenvalue weighted by Gasteiger charge is 2.22. The molecule has 8 heteroatoms. The molecule has 0 unspecified atom stereocenters. The van der Waals surface area contributed by atoms with Gasteiger partial charge in [0.25, 0.3) is 17.0 Å². The number of aryl methyl sites for hydroxylation is 2. The van der Waals surface area contributed by atoms with E-state index < -0.39 is 22.7 Å². The van der Waals surface area contributed by atoms with E-state index >= 15 is 0 Å². The summed E-state index contributed by atoms with van der Waals surface area (Å²) in [7, 11) is 1.49. The van der Waals surface area contributed by atoms with Crippen LogP contribution < -0.4 is 22.1 Å². The molecule has 0 aliphatic heterocycles. The van der Waals surface area contributed by atoms with Crippen molar-refractivity contribution in [2.24, 2.45) is 7.05 Å². The van der Waals surface area contributed by atoms with Crippen LogP contribution in [0.15, 0.2) is 44.7 Å². The van der Waals surface area contributed by atoms with E-state index in [0.29, 0.717) is 11.6 Å². The maximum atomic E-state index is 13.1. The lowest BCUT2D eigenvalue weighted by Crippen LogP contribution is -2.42. The van der Waals surface area contributed by atoms with E-state index in [1.807, 2.05) is 12.1 Å². The van der Waals surface area contributed by atoms with Gasteiger partial charge in [-0.25, -0.2) is 4.79 Å². The minimum absolute atomic E-state index is 0.0459. The number of aromatic nitrogens is 3. The molecule has 158 valence electrons. The van der Waals surface area contributed by atoms with Crippen molar-refractivity contribution < 1.29 is 4.79 Å². The standard InChI is InChI=1S/C22H26N4O4/c1-6-25-17(27)12-16(18-20(25)24(5)22(30)26(7-2)21(18)29)19(28)23-15-10-8-14(9-11-15)13(3)4/h8-13H,6-7H2,1-5H3,(H,23,28). The zero-order chi connectivity index (χ0) is 22.2. The third-order valence-corrected chi connectivity index (χ3v) is 5.29. The van der Waals surface area contributed by atoms with Crippen molar-refractivity contribution in [3.63, 3.8) is 0 Å². The zero-order valence-electron chi connectivity index (χ0n) is 17.9. The minimum atomic E-state index is -0.585. The van der Waals surface area contributed by atoms with Crippen molar-refractivity contribution in [1.82, 2.24) is 13.7 Å². The van der Waals surface area contributed by atoms with Crippen LogP contribution in [0.5, 0.6) is 0 Å². The molecule has 8 nitrogen and oxygen atoms in total. The summed E-state index contributed by atoms with van der Waals surface area (Å²) >= 11 is 0. The van der Waals surface area contributed by atoms with Gasteiger partial charge in [0.2, 0.25) is 0 Å². The molecule has 3 rings (SSSR count). The van der Waals surface area contributed by atoms with Crippen molar-refractivity contribution in [3.8, 4) is 0 Å². The number of amides is 1. The fourth-order valence-electron chi connectivity index (χ4n) is 3.60. The molecule has 30 heavy (non-hydrogen) atoms. The molecule has 1 aromatic carbocycles. The molecular weight excluding hydrogens is 384 g/mol. The van der Waals surface area contributed by atoms with Gasteiger partial charge < -0.3 is 5.32 Å². The second-order valence-corrected chi connectivity index (χ2v) is 7.46. The lowest BCUT2D eigenvalue weighted by atomic mass is 10.0. The fraction of sp³-hybridized carbons (Fsp3) is 0.364. The average Bonchev–Trinajstić information content (AvgIpc) is 2.72. The second-order valence-electron chi connectivity index (χ2n) is 7.46. The van der Waals surface area contributed by atoms with Gasteiger partial charge in [-0.2, -0.15) is 0 Å². The first-order valence-corrected chi connectivity index (χ1v) is 9.99. The van der Waals surface area contributed by atoms with Gasteiger partial charge in [0.15, 0.2) is 0 Å². The number of carbonyl (C=O) groups is 1. The molecule has 0 saturated carbocycles. The topological polar surface area (TPSA) is 95.1 Å². The number of fused-ring (bicyclic) bond motifs is 1. The Hall–Kier alpha value is -3.42. The van der Waals surface area contributed by atoms with Crippen LogP contribution in [-0.2, 0) is 20.1 Å². The zero-order valence-corrected chi connectivity index (χ0v) is 17.9. The molecular formula is C22H26N4O4. The largest absolute Gasteiger partial charge is 0.332 e. The maximum Gasteiger partial charge on any atom is 0.332 e. The Morgan fingerprint density at radius 1 is 1.00 bits per heavy atom. The Kier molecular flexibility index (Phi) is 5.78. The minimum Gasteiger partial charge on any atom is -0.322 e. The first-order chi connectivity index (χ1) is 14.2. The van der Waals surface area contributed by atoms with Crippen molar-refractivity contribution >= 4 is 22.6 Å². The molecule has 1 amide bonds. The van der Waals surface area contributed by atoms with Crippen LogP contribution in [0.1, 0.15) is 49.5 Å². The molecule has 0 spiro atoms. The normalized spacial score (nSPS) is 11.3. The number of anilines is 1. The van der Waals surface area contributed by atoms with Crippen LogP contribution in [0.25, 0.3) is 11.0 Å². The van der Waals surface area contributed by atoms with Crippen LogP contribution in [0.2, 0.25) is 0 Å². The first-order valence-electron chi connectivity index (χ1n) is 9.99. The van der Waals surface area contributed by atoms with Gasteiger partial charge in [0.1, 0.15) is 5.65 Å². The summed E-state index contributed by atoms with van der Waals surface area (Å²) < 4.78 is 3.63. The Labute approximate surface area is 173 Å². The molecule has 2 heterocycles. The summed E-state index contributed by atoms with van der Waals surface area (Å²) in [6.07, 6.45) is 0. The van der Waals surface area contributed by atoms with Crippen LogP contribution in [0.3, 0.4) is 0 Å². The van der Waals surface area contributed by atoms with Gasteiger partial charge in [-0.05, 0) is 37.5 Å². The van der Waals surface area contributed by atoms with E-state index in [1.54, 1.807) is 26.0 Å². The number of benzene rings is 1. The SMILES string of the molecule is CCn1c(=O)c2c(C(=O)Nc3ccc(C(C)C)cc3)cc(=O)n(CC)c2n(C)c1=O. The number of nitrogens with one attached hydrogen (secondary N) is 1. The lowest BCUT2D eigenvalue weighted by Gasteiger charge is -2.16. The van der Waals surface area contributed by atoms with Crippen molar-refractivity contribution in [2.75, 3.05) is 5.32 Å². The number of carbonyl (C=O) groups excluding carboxylic acids is 1. The van der Waals surface area contributed by atoms with Gasteiger partial charge in [-0.3, -0.25) is 28.1 Å². The van der Waals surface area contributed by atoms with Crippen LogP contribution in [0, 0.1) is 0 Å². The highest BCUT2D eigenvalue weighted by Crippen LogP contribution is 2.19. The molecule has 2 aromatic heterocycles. The van der Waals surface area contributed by atoms with E-state index in [-0.39, 0.29) is 29.7 Å². The predicted octanol–water partition coefficient (Wildman–Crippen LogP) is 2.28. The molecule has 0 saturated heterocycles. The van der Waals surface area contributed by atoms with Crippen LogP contribution in [-0.4, -0.2) is 19.6 Å². The fourth-order valence-corrected chi connectivity index (χ4v) is 3.60. The van der Waals surface area contributed by atoms with E-state index in [2.05, 4.69) is 19.2 Å². The van der Waals surface area contributed by atoms with Gasteiger partial charge in [0, 0.05) is 31.9 Å². The van der Waals surface area contributed by atoms with Gasteiger partial charge in [-0.15, -0.1) is 0 Å². The number of hydrogen-bond donors (Lipinski definition) is 1.